The van der Waals surface area contributed by atoms with E-state index in [9.17, 15) is 9.59 Å². The van der Waals surface area contributed by atoms with Crippen molar-refractivity contribution in [1.29, 1.82) is 0 Å². The topological polar surface area (TPSA) is 67.9 Å². The SMILES string of the molecule is CCCCCC(=O)N(CC)CC(=O)Nc1ccc2c(c1)OCCO2. The summed E-state index contributed by atoms with van der Waals surface area (Å²) in [5, 5.41) is 2.81. The van der Waals surface area contributed by atoms with E-state index in [-0.39, 0.29) is 18.4 Å². The Morgan fingerprint density at radius 2 is 1.88 bits per heavy atom. The van der Waals surface area contributed by atoms with E-state index in [0.29, 0.717) is 43.4 Å². The van der Waals surface area contributed by atoms with Gasteiger partial charge in [0.15, 0.2) is 11.5 Å². The van der Waals surface area contributed by atoms with Crippen LogP contribution in [0.15, 0.2) is 18.2 Å². The molecule has 0 aliphatic carbocycles. The first-order valence-electron chi connectivity index (χ1n) is 8.61. The number of amides is 2. The molecule has 0 bridgehead atoms. The predicted molar refractivity (Wildman–Crippen MR) is 92.5 cm³/mol. The van der Waals surface area contributed by atoms with Crippen LogP contribution < -0.4 is 14.8 Å². The Bertz CT molecular complexity index is 574. The number of carbonyl (C=O) groups excluding carboxylic acids is 2. The van der Waals surface area contributed by atoms with Crippen LogP contribution in [0, 0.1) is 0 Å². The lowest BCUT2D eigenvalue weighted by Crippen LogP contribution is -2.37. The summed E-state index contributed by atoms with van der Waals surface area (Å²) < 4.78 is 11.0. The minimum atomic E-state index is -0.211. The Hall–Kier alpha value is -2.24. The summed E-state index contributed by atoms with van der Waals surface area (Å²) in [6, 6.07) is 5.29. The van der Waals surface area contributed by atoms with Gasteiger partial charge in [-0.3, -0.25) is 9.59 Å². The second kappa shape index (κ2) is 9.15. The van der Waals surface area contributed by atoms with Crippen molar-refractivity contribution in [2.24, 2.45) is 0 Å². The number of carbonyl (C=O) groups is 2. The van der Waals surface area contributed by atoms with E-state index >= 15 is 0 Å². The summed E-state index contributed by atoms with van der Waals surface area (Å²) in [4.78, 5) is 25.9. The molecule has 1 N–H and O–H groups in total. The molecule has 1 aromatic carbocycles. The van der Waals surface area contributed by atoms with Gasteiger partial charge in [0.1, 0.15) is 13.2 Å². The molecular weight excluding hydrogens is 308 g/mol. The number of ether oxygens (including phenoxy) is 2. The molecule has 6 heteroatoms. The number of nitrogens with one attached hydrogen (secondary N) is 1. The molecule has 0 fully saturated rings. The highest BCUT2D eigenvalue weighted by atomic mass is 16.6. The molecule has 0 radical (unpaired) electrons. The molecule has 1 heterocycles. The van der Waals surface area contributed by atoms with E-state index in [1.54, 1.807) is 23.1 Å². The quantitative estimate of drug-likeness (QED) is 0.742. The molecule has 2 amide bonds. The molecule has 132 valence electrons. The molecule has 0 saturated heterocycles. The van der Waals surface area contributed by atoms with Gasteiger partial charge in [-0.1, -0.05) is 19.8 Å². The van der Waals surface area contributed by atoms with Crippen molar-refractivity contribution in [3.05, 3.63) is 18.2 Å². The third-order valence-corrected chi connectivity index (χ3v) is 3.89. The molecule has 1 aliphatic heterocycles. The Morgan fingerprint density at radius 3 is 2.58 bits per heavy atom. The highest BCUT2D eigenvalue weighted by Crippen LogP contribution is 2.32. The smallest absolute Gasteiger partial charge is 0.243 e. The van der Waals surface area contributed by atoms with Crippen molar-refractivity contribution >= 4 is 17.5 Å². The molecular formula is C18H26N2O4. The standard InChI is InChI=1S/C18H26N2O4/c1-3-5-6-7-18(22)20(4-2)13-17(21)19-14-8-9-15-16(12-14)24-11-10-23-15/h8-9,12H,3-7,10-11,13H2,1-2H3,(H,19,21). The molecule has 0 atom stereocenters. The number of hydrogen-bond acceptors (Lipinski definition) is 4. The molecule has 0 saturated carbocycles. The number of hydrogen-bond donors (Lipinski definition) is 1. The lowest BCUT2D eigenvalue weighted by molar-refractivity contribution is -0.134. The first kappa shape index (κ1) is 18.1. The summed E-state index contributed by atoms with van der Waals surface area (Å²) in [6.45, 7) is 5.61. The first-order valence-corrected chi connectivity index (χ1v) is 8.61. The lowest BCUT2D eigenvalue weighted by Gasteiger charge is -2.21. The maximum Gasteiger partial charge on any atom is 0.243 e. The van der Waals surface area contributed by atoms with Crippen LogP contribution in [-0.4, -0.2) is 43.0 Å². The summed E-state index contributed by atoms with van der Waals surface area (Å²) in [5.41, 5.74) is 0.638. The Morgan fingerprint density at radius 1 is 1.12 bits per heavy atom. The van der Waals surface area contributed by atoms with Crippen LogP contribution in [0.3, 0.4) is 0 Å². The fourth-order valence-electron chi connectivity index (χ4n) is 2.56. The third-order valence-electron chi connectivity index (χ3n) is 3.89. The number of unbranched alkanes of at least 4 members (excludes halogenated alkanes) is 2. The molecule has 0 spiro atoms. The summed E-state index contributed by atoms with van der Waals surface area (Å²) in [5.74, 6) is 1.13. The number of benzene rings is 1. The summed E-state index contributed by atoms with van der Waals surface area (Å²) in [6.07, 6.45) is 3.48. The minimum absolute atomic E-state index is 0.0308. The zero-order chi connectivity index (χ0) is 17.4. The van der Waals surface area contributed by atoms with Crippen LogP contribution in [0.4, 0.5) is 5.69 Å². The van der Waals surface area contributed by atoms with Gasteiger partial charge in [-0.25, -0.2) is 0 Å². The fraction of sp³-hybridized carbons (Fsp3) is 0.556. The zero-order valence-electron chi connectivity index (χ0n) is 14.5. The maximum atomic E-state index is 12.2. The van der Waals surface area contributed by atoms with Crippen molar-refractivity contribution in [2.45, 2.75) is 39.5 Å². The maximum absolute atomic E-state index is 12.2. The number of likely N-dealkylation sites (N-methyl/N-ethyl adjacent to an activating group) is 1. The van der Waals surface area contributed by atoms with Crippen molar-refractivity contribution < 1.29 is 19.1 Å². The molecule has 6 nitrogen and oxygen atoms in total. The second-order valence-corrected chi connectivity index (χ2v) is 5.77. The van der Waals surface area contributed by atoms with Gasteiger partial charge in [0.05, 0.1) is 6.54 Å². The average Bonchev–Trinajstić information content (AvgIpc) is 2.59. The van der Waals surface area contributed by atoms with Crippen LogP contribution in [0.25, 0.3) is 0 Å². The average molecular weight is 334 g/mol. The van der Waals surface area contributed by atoms with Crippen LogP contribution in [0.1, 0.15) is 39.5 Å². The van der Waals surface area contributed by atoms with E-state index in [4.69, 9.17) is 9.47 Å². The van der Waals surface area contributed by atoms with Crippen LogP contribution >= 0.6 is 0 Å². The molecule has 1 aromatic rings. The lowest BCUT2D eigenvalue weighted by atomic mass is 10.2. The van der Waals surface area contributed by atoms with Gasteiger partial charge in [-0.15, -0.1) is 0 Å². The molecule has 0 unspecified atom stereocenters. The normalized spacial score (nSPS) is 12.6. The van der Waals surface area contributed by atoms with E-state index in [0.717, 1.165) is 19.3 Å². The van der Waals surface area contributed by atoms with Crippen LogP contribution in [0.2, 0.25) is 0 Å². The third kappa shape index (κ3) is 5.15. The zero-order valence-corrected chi connectivity index (χ0v) is 14.5. The number of nitrogens with zero attached hydrogens (tertiary/aromatic N) is 1. The molecule has 2 rings (SSSR count). The van der Waals surface area contributed by atoms with Crippen molar-refractivity contribution in [3.63, 3.8) is 0 Å². The van der Waals surface area contributed by atoms with Gasteiger partial charge in [-0.05, 0) is 25.5 Å². The van der Waals surface area contributed by atoms with E-state index < -0.39 is 0 Å². The summed E-state index contributed by atoms with van der Waals surface area (Å²) >= 11 is 0. The first-order chi connectivity index (χ1) is 11.6. The number of rotatable bonds is 8. The minimum Gasteiger partial charge on any atom is -0.486 e. The fourth-order valence-corrected chi connectivity index (χ4v) is 2.56. The predicted octanol–water partition coefficient (Wildman–Crippen LogP) is 2.83. The van der Waals surface area contributed by atoms with E-state index in [2.05, 4.69) is 12.2 Å². The van der Waals surface area contributed by atoms with Crippen molar-refractivity contribution in [2.75, 3.05) is 31.6 Å². The van der Waals surface area contributed by atoms with E-state index in [1.807, 2.05) is 6.92 Å². The Balaban J connectivity index is 1.88. The molecule has 24 heavy (non-hydrogen) atoms. The van der Waals surface area contributed by atoms with Crippen molar-refractivity contribution in [3.8, 4) is 11.5 Å². The van der Waals surface area contributed by atoms with Gasteiger partial charge in [0.25, 0.3) is 0 Å². The van der Waals surface area contributed by atoms with Crippen LogP contribution in [0.5, 0.6) is 11.5 Å². The van der Waals surface area contributed by atoms with Crippen molar-refractivity contribution in [1.82, 2.24) is 4.90 Å². The van der Waals surface area contributed by atoms with Gasteiger partial charge in [0.2, 0.25) is 11.8 Å². The second-order valence-electron chi connectivity index (χ2n) is 5.77. The largest absolute Gasteiger partial charge is 0.486 e. The summed E-state index contributed by atoms with van der Waals surface area (Å²) in [7, 11) is 0. The Labute approximate surface area is 143 Å². The highest BCUT2D eigenvalue weighted by Gasteiger charge is 2.16. The van der Waals surface area contributed by atoms with Gasteiger partial charge >= 0.3 is 0 Å². The van der Waals surface area contributed by atoms with Gasteiger partial charge in [0, 0.05) is 24.7 Å². The number of fused-ring (bicyclic) bond motifs is 1. The van der Waals surface area contributed by atoms with E-state index in [1.165, 1.54) is 0 Å². The molecule has 0 aromatic heterocycles. The highest BCUT2D eigenvalue weighted by molar-refractivity contribution is 5.94. The van der Waals surface area contributed by atoms with Gasteiger partial charge < -0.3 is 19.7 Å². The Kier molecular flexibility index (Phi) is 6.90. The monoisotopic (exact) mass is 334 g/mol. The molecule has 1 aliphatic rings. The van der Waals surface area contributed by atoms with Gasteiger partial charge in [-0.2, -0.15) is 0 Å². The van der Waals surface area contributed by atoms with Crippen LogP contribution in [-0.2, 0) is 9.59 Å². The number of anilines is 1.